The normalized spacial score (nSPS) is 16.4. The summed E-state index contributed by atoms with van der Waals surface area (Å²) >= 11 is 1.79. The van der Waals surface area contributed by atoms with E-state index in [2.05, 4.69) is 53.4 Å². The number of para-hydroxylation sites is 2. The fraction of sp³-hybridized carbons (Fsp3) is 0.296. The molecule has 1 N–H and O–H groups in total. The number of carbonyl (C=O) groups is 1. The first-order chi connectivity index (χ1) is 16.6. The van der Waals surface area contributed by atoms with Crippen molar-refractivity contribution < 1.29 is 24.1 Å². The predicted molar refractivity (Wildman–Crippen MR) is 131 cm³/mol. The number of hydrogen-bond donors (Lipinski definition) is 1. The summed E-state index contributed by atoms with van der Waals surface area (Å²) in [6.07, 6.45) is 0.860. The van der Waals surface area contributed by atoms with E-state index in [-0.39, 0.29) is 6.42 Å². The number of carboxylic acid groups (broad SMARTS) is 1. The molecule has 3 aromatic rings. The summed E-state index contributed by atoms with van der Waals surface area (Å²) in [6.45, 7) is 3.94. The number of benzene rings is 3. The molecule has 34 heavy (non-hydrogen) atoms. The molecule has 2 aliphatic heterocycles. The van der Waals surface area contributed by atoms with Gasteiger partial charge in [-0.1, -0.05) is 42.1 Å². The van der Waals surface area contributed by atoms with Gasteiger partial charge in [-0.2, -0.15) is 0 Å². The van der Waals surface area contributed by atoms with Gasteiger partial charge in [-0.25, -0.2) is 4.79 Å². The molecule has 0 unspecified atom stereocenters. The molecule has 1 saturated heterocycles. The zero-order chi connectivity index (χ0) is 23.5. The molecule has 2 heterocycles. The van der Waals surface area contributed by atoms with Crippen LogP contribution in [-0.4, -0.2) is 43.2 Å². The number of rotatable bonds is 7. The van der Waals surface area contributed by atoms with Gasteiger partial charge in [0.05, 0.1) is 31.1 Å². The van der Waals surface area contributed by atoms with E-state index in [4.69, 9.17) is 14.2 Å². The zero-order valence-corrected chi connectivity index (χ0v) is 19.8. The lowest BCUT2D eigenvalue weighted by Gasteiger charge is -2.33. The van der Waals surface area contributed by atoms with Crippen molar-refractivity contribution >= 4 is 29.1 Å². The highest BCUT2D eigenvalue weighted by Gasteiger charge is 2.43. The minimum atomic E-state index is -1.61. The maximum absolute atomic E-state index is 11.8. The van der Waals surface area contributed by atoms with Gasteiger partial charge < -0.3 is 24.2 Å². The highest BCUT2D eigenvalue weighted by molar-refractivity contribution is 7.99. The fourth-order valence-corrected chi connectivity index (χ4v) is 5.46. The Morgan fingerprint density at radius 1 is 1.03 bits per heavy atom. The van der Waals surface area contributed by atoms with Crippen molar-refractivity contribution in [3.05, 3.63) is 77.9 Å². The summed E-state index contributed by atoms with van der Waals surface area (Å²) in [4.78, 5) is 16.6. The van der Waals surface area contributed by atoms with Crippen LogP contribution < -0.4 is 9.64 Å². The molecule has 0 bridgehead atoms. The van der Waals surface area contributed by atoms with E-state index in [1.807, 2.05) is 25.1 Å². The second-order valence-corrected chi connectivity index (χ2v) is 9.49. The first-order valence-corrected chi connectivity index (χ1v) is 12.2. The molecular formula is C27H27NO5S. The van der Waals surface area contributed by atoms with Crippen LogP contribution in [0.15, 0.2) is 76.5 Å². The molecule has 0 spiro atoms. The Morgan fingerprint density at radius 3 is 2.29 bits per heavy atom. The van der Waals surface area contributed by atoms with Gasteiger partial charge in [0.2, 0.25) is 0 Å². The molecule has 176 valence electrons. The molecule has 6 nitrogen and oxygen atoms in total. The van der Waals surface area contributed by atoms with Gasteiger partial charge in [0.1, 0.15) is 12.4 Å². The largest absolute Gasteiger partial charge is 0.492 e. The number of nitrogens with zero attached hydrogens (tertiary/aromatic N) is 1. The maximum atomic E-state index is 11.8. The van der Waals surface area contributed by atoms with E-state index in [1.54, 1.807) is 11.8 Å². The van der Waals surface area contributed by atoms with E-state index in [0.29, 0.717) is 32.8 Å². The first kappa shape index (κ1) is 22.8. The minimum absolute atomic E-state index is 0.160. The molecule has 0 amide bonds. The summed E-state index contributed by atoms with van der Waals surface area (Å²) in [5.41, 5.74) is 4.19. The number of aliphatic carboxylic acids is 1. The molecule has 5 rings (SSSR count). The van der Waals surface area contributed by atoms with Crippen molar-refractivity contribution in [1.82, 2.24) is 0 Å². The maximum Gasteiger partial charge on any atom is 0.364 e. The van der Waals surface area contributed by atoms with Gasteiger partial charge in [0.15, 0.2) is 0 Å². The van der Waals surface area contributed by atoms with Crippen LogP contribution in [0.5, 0.6) is 5.75 Å². The number of fused-ring (bicyclic) bond motifs is 2. The van der Waals surface area contributed by atoms with Gasteiger partial charge in [0.25, 0.3) is 5.79 Å². The molecule has 0 saturated carbocycles. The van der Waals surface area contributed by atoms with Gasteiger partial charge in [-0.05, 0) is 60.9 Å². The van der Waals surface area contributed by atoms with Crippen LogP contribution in [0.1, 0.15) is 17.5 Å². The second kappa shape index (κ2) is 9.70. The average molecular weight is 478 g/mol. The molecule has 1 fully saturated rings. The highest BCUT2D eigenvalue weighted by atomic mass is 32.2. The molecule has 2 aliphatic rings. The monoisotopic (exact) mass is 477 g/mol. The van der Waals surface area contributed by atoms with Crippen LogP contribution in [0.4, 0.5) is 11.4 Å². The Kier molecular flexibility index (Phi) is 6.50. The third-order valence-corrected chi connectivity index (χ3v) is 7.27. The van der Waals surface area contributed by atoms with Crippen LogP contribution in [0.3, 0.4) is 0 Å². The highest BCUT2D eigenvalue weighted by Crippen LogP contribution is 2.47. The third-order valence-electron chi connectivity index (χ3n) is 6.14. The quantitative estimate of drug-likeness (QED) is 0.486. The smallest absolute Gasteiger partial charge is 0.364 e. The van der Waals surface area contributed by atoms with Crippen molar-refractivity contribution in [2.75, 3.05) is 31.3 Å². The number of hydrogen-bond acceptors (Lipinski definition) is 6. The summed E-state index contributed by atoms with van der Waals surface area (Å²) in [7, 11) is 0. The van der Waals surface area contributed by atoms with Crippen molar-refractivity contribution in [2.24, 2.45) is 0 Å². The second-order valence-electron chi connectivity index (χ2n) is 8.41. The van der Waals surface area contributed by atoms with Crippen molar-refractivity contribution in [1.29, 1.82) is 0 Å². The number of carboxylic acids is 1. The molecule has 0 atom stereocenters. The SMILES string of the molecule is Cc1cc(OCCN2c3ccccc3Sc3ccccc32)ccc1CC1(C(=O)O)OCCCO1. The minimum Gasteiger partial charge on any atom is -0.492 e. The summed E-state index contributed by atoms with van der Waals surface area (Å²) in [6, 6.07) is 22.6. The lowest BCUT2D eigenvalue weighted by molar-refractivity contribution is -0.265. The van der Waals surface area contributed by atoms with Gasteiger partial charge in [0, 0.05) is 16.2 Å². The Morgan fingerprint density at radius 2 is 1.68 bits per heavy atom. The van der Waals surface area contributed by atoms with E-state index in [9.17, 15) is 9.90 Å². The van der Waals surface area contributed by atoms with Crippen LogP contribution in [-0.2, 0) is 20.7 Å². The van der Waals surface area contributed by atoms with Gasteiger partial charge in [-0.15, -0.1) is 0 Å². The van der Waals surface area contributed by atoms with Crippen LogP contribution in [0.2, 0.25) is 0 Å². The number of ether oxygens (including phenoxy) is 3. The topological polar surface area (TPSA) is 68.2 Å². The molecule has 0 aliphatic carbocycles. The predicted octanol–water partition coefficient (Wildman–Crippen LogP) is 5.44. The standard InChI is InChI=1S/C27H27NO5S/c1-19-17-21(12-11-20(19)18-27(26(29)30)32-14-6-15-33-27)31-16-13-28-22-7-2-4-9-24(22)34-25-10-5-3-8-23(25)28/h2-5,7-12,17H,6,13-16,18H2,1H3,(H,29,30). The van der Waals surface area contributed by atoms with Crippen molar-refractivity contribution in [3.8, 4) is 5.75 Å². The Hall–Kier alpha value is -3.00. The van der Waals surface area contributed by atoms with E-state index in [0.717, 1.165) is 16.9 Å². The zero-order valence-electron chi connectivity index (χ0n) is 19.0. The van der Waals surface area contributed by atoms with Crippen molar-refractivity contribution in [3.63, 3.8) is 0 Å². The summed E-state index contributed by atoms with van der Waals surface area (Å²) in [5.74, 6) is -1.95. The van der Waals surface area contributed by atoms with E-state index < -0.39 is 11.8 Å². The van der Waals surface area contributed by atoms with Crippen LogP contribution in [0, 0.1) is 6.92 Å². The lowest BCUT2D eigenvalue weighted by atomic mass is 9.99. The summed E-state index contributed by atoms with van der Waals surface area (Å²) < 4.78 is 17.2. The average Bonchev–Trinajstić information content (AvgIpc) is 2.85. The first-order valence-electron chi connectivity index (χ1n) is 11.4. The summed E-state index contributed by atoms with van der Waals surface area (Å²) in [5, 5.41) is 9.69. The molecule has 7 heteroatoms. The fourth-order valence-electron chi connectivity index (χ4n) is 4.36. The van der Waals surface area contributed by atoms with E-state index >= 15 is 0 Å². The van der Waals surface area contributed by atoms with E-state index in [1.165, 1.54) is 21.2 Å². The Bertz CT molecular complexity index is 1150. The Balaban J connectivity index is 1.27. The number of anilines is 2. The third kappa shape index (κ3) is 4.51. The van der Waals surface area contributed by atoms with Gasteiger partial charge >= 0.3 is 5.97 Å². The van der Waals surface area contributed by atoms with Crippen LogP contribution >= 0.6 is 11.8 Å². The van der Waals surface area contributed by atoms with Crippen molar-refractivity contribution in [2.45, 2.75) is 35.3 Å². The molecule has 0 radical (unpaired) electrons. The number of aryl methyl sites for hydroxylation is 1. The molecular weight excluding hydrogens is 450 g/mol. The lowest BCUT2D eigenvalue weighted by Crippen LogP contribution is -2.49. The molecule has 0 aromatic heterocycles. The van der Waals surface area contributed by atoms with Crippen LogP contribution in [0.25, 0.3) is 0 Å². The molecule has 3 aromatic carbocycles. The van der Waals surface area contributed by atoms with Gasteiger partial charge in [-0.3, -0.25) is 0 Å². The Labute approximate surface area is 203 Å².